The number of carbonyl (C=O) groups excluding carboxylic acids is 1. The van der Waals surface area contributed by atoms with E-state index in [2.05, 4.69) is 0 Å². The standard InChI is InChI=1S/C26H25N3O4S/c1-19-8-14-24(15-9-19)33-26(30)28(34(31)32)17-16-21-10-12-23(13-11-21)29-20(2)18-25(27-29)22-6-4-3-5-7-22/h3-15,18H,16-17H2,1-2H3,(H,31,32)/p-1. The van der Waals surface area contributed by atoms with Crippen molar-refractivity contribution < 1.29 is 18.3 Å². The van der Waals surface area contributed by atoms with Gasteiger partial charge in [-0.15, -0.1) is 0 Å². The van der Waals surface area contributed by atoms with Crippen LogP contribution >= 0.6 is 0 Å². The Labute approximate surface area is 201 Å². The monoisotopic (exact) mass is 474 g/mol. The van der Waals surface area contributed by atoms with Gasteiger partial charge in [0.1, 0.15) is 5.75 Å². The lowest BCUT2D eigenvalue weighted by atomic mass is 10.1. The van der Waals surface area contributed by atoms with Gasteiger partial charge in [-0.25, -0.2) is 13.8 Å². The maximum atomic E-state index is 12.4. The number of hydrogen-bond acceptors (Lipinski definition) is 5. The topological polar surface area (TPSA) is 87.5 Å². The van der Waals surface area contributed by atoms with Crippen LogP contribution < -0.4 is 4.74 Å². The molecule has 0 N–H and O–H groups in total. The Bertz CT molecular complexity index is 1290. The van der Waals surface area contributed by atoms with Crippen molar-refractivity contribution in [1.82, 2.24) is 14.1 Å². The molecule has 4 rings (SSSR count). The number of ether oxygens (including phenoxy) is 1. The molecule has 7 nitrogen and oxygen atoms in total. The number of amides is 1. The smallest absolute Gasteiger partial charge is 0.426 e. The van der Waals surface area contributed by atoms with E-state index in [0.29, 0.717) is 16.5 Å². The summed E-state index contributed by atoms with van der Waals surface area (Å²) in [7, 11) is 0. The highest BCUT2D eigenvalue weighted by molar-refractivity contribution is 7.77. The zero-order valence-electron chi connectivity index (χ0n) is 18.9. The van der Waals surface area contributed by atoms with Crippen LogP contribution in [0.25, 0.3) is 16.9 Å². The second-order valence-corrected chi connectivity index (χ2v) is 8.74. The Morgan fingerprint density at radius 3 is 2.32 bits per heavy atom. The molecular weight excluding hydrogens is 450 g/mol. The number of aromatic nitrogens is 2. The van der Waals surface area contributed by atoms with E-state index in [1.54, 1.807) is 24.3 Å². The van der Waals surface area contributed by atoms with E-state index in [4.69, 9.17) is 9.84 Å². The fourth-order valence-electron chi connectivity index (χ4n) is 3.51. The van der Waals surface area contributed by atoms with Crippen molar-refractivity contribution >= 4 is 17.4 Å². The van der Waals surface area contributed by atoms with Gasteiger partial charge in [0.05, 0.1) is 22.6 Å². The van der Waals surface area contributed by atoms with Gasteiger partial charge in [-0.2, -0.15) is 5.10 Å². The van der Waals surface area contributed by atoms with Gasteiger partial charge in [-0.1, -0.05) is 60.2 Å². The molecule has 0 aliphatic carbocycles. The molecule has 1 heterocycles. The van der Waals surface area contributed by atoms with Crippen LogP contribution in [-0.4, -0.2) is 35.5 Å². The molecular formula is C26H24N3O4S-. The van der Waals surface area contributed by atoms with Crippen LogP contribution in [0.5, 0.6) is 5.75 Å². The molecule has 34 heavy (non-hydrogen) atoms. The highest BCUT2D eigenvalue weighted by Gasteiger charge is 2.17. The van der Waals surface area contributed by atoms with Gasteiger partial charge in [-0.05, 0) is 56.2 Å². The SMILES string of the molecule is Cc1ccc(OC(=O)N(CCc2ccc(-n3nc(-c4ccccc4)cc3C)cc2)S(=O)[O-])cc1. The van der Waals surface area contributed by atoms with E-state index in [1.807, 2.05) is 79.2 Å². The number of nitrogens with zero attached hydrogens (tertiary/aromatic N) is 3. The van der Waals surface area contributed by atoms with E-state index < -0.39 is 17.4 Å². The summed E-state index contributed by atoms with van der Waals surface area (Å²) in [5.74, 6) is 0.292. The van der Waals surface area contributed by atoms with Gasteiger partial charge in [-0.3, -0.25) is 4.21 Å². The largest absolute Gasteiger partial charge is 0.755 e. The van der Waals surface area contributed by atoms with Crippen LogP contribution in [0.15, 0.2) is 84.9 Å². The van der Waals surface area contributed by atoms with Gasteiger partial charge in [0.25, 0.3) is 0 Å². The minimum absolute atomic E-state index is 0.0287. The summed E-state index contributed by atoms with van der Waals surface area (Å²) in [4.78, 5) is 12.4. The van der Waals surface area contributed by atoms with Crippen LogP contribution in [0.1, 0.15) is 16.8 Å². The average molecular weight is 475 g/mol. The third-order valence-electron chi connectivity index (χ3n) is 5.35. The zero-order chi connectivity index (χ0) is 24.1. The summed E-state index contributed by atoms with van der Waals surface area (Å²) >= 11 is -2.74. The first kappa shape index (κ1) is 23.4. The average Bonchev–Trinajstić information content (AvgIpc) is 3.23. The normalized spacial score (nSPS) is 11.7. The first-order chi connectivity index (χ1) is 16.4. The fourth-order valence-corrected chi connectivity index (χ4v) is 3.90. The summed E-state index contributed by atoms with van der Waals surface area (Å²) in [6.45, 7) is 3.87. The predicted molar refractivity (Wildman–Crippen MR) is 130 cm³/mol. The van der Waals surface area contributed by atoms with E-state index in [-0.39, 0.29) is 6.54 Å². The van der Waals surface area contributed by atoms with Crippen molar-refractivity contribution in [2.75, 3.05) is 6.54 Å². The Morgan fingerprint density at radius 1 is 1.00 bits per heavy atom. The van der Waals surface area contributed by atoms with Gasteiger partial charge in [0.15, 0.2) is 0 Å². The van der Waals surface area contributed by atoms with Crippen LogP contribution in [0, 0.1) is 13.8 Å². The number of benzene rings is 3. The molecule has 1 atom stereocenters. The molecule has 4 aromatic rings. The van der Waals surface area contributed by atoms with E-state index >= 15 is 0 Å². The summed E-state index contributed by atoms with van der Waals surface area (Å²) in [6.07, 6.45) is -0.584. The highest BCUT2D eigenvalue weighted by Crippen LogP contribution is 2.21. The van der Waals surface area contributed by atoms with Gasteiger partial charge in [0, 0.05) is 17.8 Å². The third kappa shape index (κ3) is 5.59. The first-order valence-corrected chi connectivity index (χ1v) is 11.8. The molecule has 0 bridgehead atoms. The Balaban J connectivity index is 1.42. The number of rotatable bonds is 7. The van der Waals surface area contributed by atoms with E-state index in [1.165, 1.54) is 0 Å². The van der Waals surface area contributed by atoms with E-state index in [9.17, 15) is 13.6 Å². The lowest BCUT2D eigenvalue weighted by Gasteiger charge is -2.23. The summed E-state index contributed by atoms with van der Waals surface area (Å²) < 4.78 is 31.0. The third-order valence-corrected chi connectivity index (χ3v) is 6.04. The zero-order valence-corrected chi connectivity index (χ0v) is 19.7. The van der Waals surface area contributed by atoms with Gasteiger partial charge in [0.2, 0.25) is 0 Å². The summed E-state index contributed by atoms with van der Waals surface area (Å²) in [5.41, 5.74) is 5.72. The molecule has 174 valence electrons. The molecule has 1 unspecified atom stereocenters. The predicted octanol–water partition coefficient (Wildman–Crippen LogP) is 4.99. The van der Waals surface area contributed by atoms with Gasteiger partial charge < -0.3 is 9.29 Å². The van der Waals surface area contributed by atoms with Crippen molar-refractivity contribution in [3.05, 3.63) is 102 Å². The molecule has 1 aromatic heterocycles. The lowest BCUT2D eigenvalue weighted by molar-refractivity contribution is 0.178. The van der Waals surface area contributed by atoms with Crippen molar-refractivity contribution in [3.8, 4) is 22.7 Å². The van der Waals surface area contributed by atoms with Crippen LogP contribution in [-0.2, 0) is 17.7 Å². The van der Waals surface area contributed by atoms with Crippen LogP contribution in [0.4, 0.5) is 4.79 Å². The molecule has 0 aliphatic heterocycles. The number of carbonyl (C=O) groups is 1. The Kier molecular flexibility index (Phi) is 7.20. The summed E-state index contributed by atoms with van der Waals surface area (Å²) in [5, 5.41) is 4.71. The number of aryl methyl sites for hydroxylation is 2. The maximum Gasteiger partial charge on any atom is 0.426 e. The highest BCUT2D eigenvalue weighted by atomic mass is 32.2. The number of hydrogen-bond donors (Lipinski definition) is 0. The molecule has 8 heteroatoms. The molecule has 0 radical (unpaired) electrons. The van der Waals surface area contributed by atoms with Gasteiger partial charge >= 0.3 is 6.09 Å². The van der Waals surface area contributed by atoms with Crippen molar-refractivity contribution in [2.24, 2.45) is 0 Å². The van der Waals surface area contributed by atoms with Crippen molar-refractivity contribution in [2.45, 2.75) is 20.3 Å². The summed E-state index contributed by atoms with van der Waals surface area (Å²) in [6, 6.07) is 26.5. The second kappa shape index (κ2) is 10.5. The first-order valence-electron chi connectivity index (χ1n) is 10.8. The second-order valence-electron chi connectivity index (χ2n) is 7.87. The molecule has 1 amide bonds. The quantitative estimate of drug-likeness (QED) is 0.352. The lowest BCUT2D eigenvalue weighted by Crippen LogP contribution is -2.36. The molecule has 0 aliphatic rings. The minimum atomic E-state index is -2.74. The van der Waals surface area contributed by atoms with Crippen LogP contribution in [0.2, 0.25) is 0 Å². The molecule has 0 saturated heterocycles. The Morgan fingerprint density at radius 2 is 1.68 bits per heavy atom. The van der Waals surface area contributed by atoms with E-state index in [0.717, 1.165) is 33.8 Å². The van der Waals surface area contributed by atoms with Crippen molar-refractivity contribution in [1.29, 1.82) is 0 Å². The molecule has 0 spiro atoms. The molecule has 0 saturated carbocycles. The van der Waals surface area contributed by atoms with Crippen molar-refractivity contribution in [3.63, 3.8) is 0 Å². The fraction of sp³-hybridized carbons (Fsp3) is 0.154. The Hall–Kier alpha value is -3.75. The van der Waals surface area contributed by atoms with Crippen LogP contribution in [0.3, 0.4) is 0 Å². The maximum absolute atomic E-state index is 12.4. The molecule has 0 fully saturated rings. The minimum Gasteiger partial charge on any atom is -0.755 e. The molecule has 3 aromatic carbocycles.